The van der Waals surface area contributed by atoms with Gasteiger partial charge in [0.2, 0.25) is 0 Å². The number of anilines is 1. The summed E-state index contributed by atoms with van der Waals surface area (Å²) in [5, 5.41) is 3.92. The molecule has 1 N–H and O–H groups in total. The summed E-state index contributed by atoms with van der Waals surface area (Å²) >= 11 is 5.43. The highest BCUT2D eigenvalue weighted by Crippen LogP contribution is 2.08. The molecule has 0 saturated heterocycles. The Kier molecular flexibility index (Phi) is 4.80. The number of hydrogen-bond donors (Lipinski definition) is 1. The van der Waals surface area contributed by atoms with Crippen LogP contribution in [0.25, 0.3) is 0 Å². The summed E-state index contributed by atoms with van der Waals surface area (Å²) < 4.78 is 0. The maximum absolute atomic E-state index is 5.43. The van der Waals surface area contributed by atoms with Crippen LogP contribution in [-0.2, 0) is 6.54 Å². The minimum atomic E-state index is 0.706. The number of rotatable bonds is 4. The maximum atomic E-state index is 5.43. The van der Waals surface area contributed by atoms with E-state index >= 15 is 0 Å². The molecule has 5 heteroatoms. The average molecular weight is 272 g/mol. The second kappa shape index (κ2) is 6.80. The predicted molar refractivity (Wildman–Crippen MR) is 80.8 cm³/mol. The topological polar surface area (TPSA) is 41.1 Å². The molecule has 0 fully saturated rings. The highest BCUT2D eigenvalue weighted by Gasteiger charge is 2.08. The van der Waals surface area contributed by atoms with E-state index < -0.39 is 0 Å². The molecule has 0 aliphatic rings. The first-order valence-electron chi connectivity index (χ1n) is 6.14. The molecule has 0 saturated carbocycles. The highest BCUT2D eigenvalue weighted by atomic mass is 32.1. The molecule has 0 spiro atoms. The minimum Gasteiger partial charge on any atom is -0.345 e. The molecule has 0 aromatic carbocycles. The first-order chi connectivity index (χ1) is 9.29. The second-order valence-electron chi connectivity index (χ2n) is 4.04. The van der Waals surface area contributed by atoms with E-state index in [0.29, 0.717) is 5.11 Å². The van der Waals surface area contributed by atoms with E-state index in [4.69, 9.17) is 12.2 Å². The number of hydrogen-bond acceptors (Lipinski definition) is 3. The molecule has 0 aliphatic heterocycles. The van der Waals surface area contributed by atoms with Crippen molar-refractivity contribution < 1.29 is 0 Å². The fraction of sp³-hybridized carbons (Fsp3) is 0.214. The van der Waals surface area contributed by atoms with Gasteiger partial charge < -0.3 is 10.2 Å². The van der Waals surface area contributed by atoms with Crippen molar-refractivity contribution in [1.82, 2.24) is 14.9 Å². The Balaban J connectivity index is 2.00. The minimum absolute atomic E-state index is 0.706. The Labute approximate surface area is 118 Å². The lowest BCUT2D eigenvalue weighted by Gasteiger charge is -2.24. The van der Waals surface area contributed by atoms with E-state index in [1.165, 1.54) is 0 Å². The zero-order valence-electron chi connectivity index (χ0n) is 10.8. The lowest BCUT2D eigenvalue weighted by atomic mass is 10.2. The molecular weight excluding hydrogens is 256 g/mol. The Morgan fingerprint density at radius 1 is 1.21 bits per heavy atom. The number of aromatic nitrogens is 2. The van der Waals surface area contributed by atoms with E-state index in [-0.39, 0.29) is 0 Å². The van der Waals surface area contributed by atoms with Gasteiger partial charge in [0.15, 0.2) is 5.11 Å². The van der Waals surface area contributed by atoms with E-state index in [2.05, 4.69) is 27.1 Å². The average Bonchev–Trinajstić information content (AvgIpc) is 2.47. The lowest BCUT2D eigenvalue weighted by molar-refractivity contribution is 0.441. The maximum Gasteiger partial charge on any atom is 0.173 e. The van der Waals surface area contributed by atoms with Gasteiger partial charge in [0.1, 0.15) is 0 Å². The summed E-state index contributed by atoms with van der Waals surface area (Å²) in [6.07, 6.45) is 7.11. The van der Waals surface area contributed by atoms with Gasteiger partial charge in [-0.15, -0.1) is 0 Å². The molecule has 2 rings (SSSR count). The first kappa shape index (κ1) is 13.4. The van der Waals surface area contributed by atoms with Crippen LogP contribution in [0, 0.1) is 0 Å². The van der Waals surface area contributed by atoms with E-state index in [9.17, 15) is 0 Å². The summed E-state index contributed by atoms with van der Waals surface area (Å²) in [4.78, 5) is 10.2. The third-order valence-electron chi connectivity index (χ3n) is 2.70. The van der Waals surface area contributed by atoms with Gasteiger partial charge in [0.25, 0.3) is 0 Å². The summed E-state index contributed by atoms with van der Waals surface area (Å²) in [5.41, 5.74) is 2.09. The Bertz CT molecular complexity index is 515. The first-order valence-corrected chi connectivity index (χ1v) is 6.55. The summed E-state index contributed by atoms with van der Waals surface area (Å²) in [7, 11) is 0. The van der Waals surface area contributed by atoms with Gasteiger partial charge in [-0.05, 0) is 42.9 Å². The van der Waals surface area contributed by atoms with Crippen molar-refractivity contribution in [3.8, 4) is 0 Å². The molecule has 0 unspecified atom stereocenters. The molecule has 0 amide bonds. The van der Waals surface area contributed by atoms with Crippen molar-refractivity contribution in [3.05, 3.63) is 54.6 Å². The van der Waals surface area contributed by atoms with Crippen molar-refractivity contribution in [2.45, 2.75) is 13.5 Å². The largest absolute Gasteiger partial charge is 0.345 e. The predicted octanol–water partition coefficient (Wildman–Crippen LogP) is 2.70. The van der Waals surface area contributed by atoms with Crippen LogP contribution in [-0.4, -0.2) is 26.5 Å². The normalized spacial score (nSPS) is 9.95. The van der Waals surface area contributed by atoms with E-state index in [1.807, 2.05) is 30.5 Å². The SMILES string of the molecule is CCN(Cc1cccnc1)C(=S)Nc1ccncc1. The van der Waals surface area contributed by atoms with Crippen molar-refractivity contribution in [2.24, 2.45) is 0 Å². The van der Waals surface area contributed by atoms with Crippen LogP contribution in [0.2, 0.25) is 0 Å². The monoisotopic (exact) mass is 272 g/mol. The van der Waals surface area contributed by atoms with Gasteiger partial charge in [0.05, 0.1) is 0 Å². The van der Waals surface area contributed by atoms with Crippen LogP contribution in [0.15, 0.2) is 49.1 Å². The number of nitrogens with one attached hydrogen (secondary N) is 1. The Hall–Kier alpha value is -2.01. The van der Waals surface area contributed by atoms with Gasteiger partial charge in [0, 0.05) is 43.6 Å². The van der Waals surface area contributed by atoms with Crippen LogP contribution in [0.5, 0.6) is 0 Å². The molecule has 0 bridgehead atoms. The second-order valence-corrected chi connectivity index (χ2v) is 4.43. The molecule has 98 valence electrons. The summed E-state index contributed by atoms with van der Waals surface area (Å²) in [6, 6.07) is 7.77. The third kappa shape index (κ3) is 3.99. The van der Waals surface area contributed by atoms with Gasteiger partial charge in [-0.2, -0.15) is 0 Å². The summed E-state index contributed by atoms with van der Waals surface area (Å²) in [5.74, 6) is 0. The van der Waals surface area contributed by atoms with E-state index in [1.54, 1.807) is 18.6 Å². The molecule has 4 nitrogen and oxygen atoms in total. The van der Waals surface area contributed by atoms with Crippen LogP contribution >= 0.6 is 12.2 Å². The van der Waals surface area contributed by atoms with Gasteiger partial charge >= 0.3 is 0 Å². The third-order valence-corrected chi connectivity index (χ3v) is 3.06. The van der Waals surface area contributed by atoms with E-state index in [0.717, 1.165) is 24.3 Å². The molecule has 19 heavy (non-hydrogen) atoms. The van der Waals surface area contributed by atoms with Crippen LogP contribution < -0.4 is 5.32 Å². The van der Waals surface area contributed by atoms with Crippen LogP contribution in [0.3, 0.4) is 0 Å². The molecule has 2 aromatic heterocycles. The zero-order valence-corrected chi connectivity index (χ0v) is 11.6. The fourth-order valence-electron chi connectivity index (χ4n) is 1.68. The van der Waals surface area contributed by atoms with Crippen molar-refractivity contribution in [2.75, 3.05) is 11.9 Å². The quantitative estimate of drug-likeness (QED) is 0.867. The number of pyridine rings is 2. The molecule has 0 aliphatic carbocycles. The number of thiocarbonyl (C=S) groups is 1. The van der Waals surface area contributed by atoms with Gasteiger partial charge in [-0.25, -0.2) is 0 Å². The van der Waals surface area contributed by atoms with Crippen molar-refractivity contribution >= 4 is 23.0 Å². The standard InChI is InChI=1S/C14H16N4S/c1-2-18(11-12-4-3-7-16-10-12)14(19)17-13-5-8-15-9-6-13/h3-10H,2,11H2,1H3,(H,15,17,19). The van der Waals surface area contributed by atoms with Crippen molar-refractivity contribution in [1.29, 1.82) is 0 Å². The molecule has 0 radical (unpaired) electrons. The zero-order chi connectivity index (χ0) is 13.5. The molecule has 0 atom stereocenters. The Morgan fingerprint density at radius 2 is 2.00 bits per heavy atom. The molecule has 2 aromatic rings. The van der Waals surface area contributed by atoms with Crippen LogP contribution in [0.4, 0.5) is 5.69 Å². The fourth-order valence-corrected chi connectivity index (χ4v) is 1.99. The summed E-state index contributed by atoms with van der Waals surface area (Å²) in [6.45, 7) is 3.67. The number of nitrogens with zero attached hydrogens (tertiary/aromatic N) is 3. The highest BCUT2D eigenvalue weighted by molar-refractivity contribution is 7.80. The molecular formula is C14H16N4S. The van der Waals surface area contributed by atoms with Gasteiger partial charge in [-0.3, -0.25) is 9.97 Å². The van der Waals surface area contributed by atoms with Crippen molar-refractivity contribution in [3.63, 3.8) is 0 Å². The smallest absolute Gasteiger partial charge is 0.173 e. The lowest BCUT2D eigenvalue weighted by Crippen LogP contribution is -2.34. The van der Waals surface area contributed by atoms with Gasteiger partial charge in [-0.1, -0.05) is 6.07 Å². The van der Waals surface area contributed by atoms with Crippen LogP contribution in [0.1, 0.15) is 12.5 Å². The molecule has 2 heterocycles. The Morgan fingerprint density at radius 3 is 2.63 bits per heavy atom.